The summed E-state index contributed by atoms with van der Waals surface area (Å²) in [5.41, 5.74) is 1.12. The van der Waals surface area contributed by atoms with Gasteiger partial charge in [-0.1, -0.05) is 25.1 Å². The van der Waals surface area contributed by atoms with Crippen molar-refractivity contribution in [1.29, 1.82) is 0 Å². The predicted molar refractivity (Wildman–Crippen MR) is 142 cm³/mol. The highest BCUT2D eigenvalue weighted by molar-refractivity contribution is 14.0. The van der Waals surface area contributed by atoms with Crippen LogP contribution in [0.4, 0.5) is 0 Å². The summed E-state index contributed by atoms with van der Waals surface area (Å²) in [6.07, 6.45) is 3.58. The minimum Gasteiger partial charge on any atom is -0.492 e. The topological polar surface area (TPSA) is 61.4 Å². The summed E-state index contributed by atoms with van der Waals surface area (Å²) in [7, 11) is 0. The molecule has 0 saturated carbocycles. The molecule has 0 radical (unpaired) electrons. The van der Waals surface area contributed by atoms with Crippen molar-refractivity contribution in [2.75, 3.05) is 65.6 Å². The largest absolute Gasteiger partial charge is 0.492 e. The zero-order valence-electron chi connectivity index (χ0n) is 19.9. The van der Waals surface area contributed by atoms with Gasteiger partial charge in [0.25, 0.3) is 0 Å². The lowest BCUT2D eigenvalue weighted by molar-refractivity contribution is 0.0322. The van der Waals surface area contributed by atoms with Gasteiger partial charge in [-0.3, -0.25) is 4.90 Å². The van der Waals surface area contributed by atoms with Gasteiger partial charge in [-0.25, -0.2) is 4.99 Å². The Labute approximate surface area is 211 Å². The van der Waals surface area contributed by atoms with Crippen molar-refractivity contribution in [1.82, 2.24) is 20.4 Å². The molecule has 2 aliphatic heterocycles. The monoisotopic (exact) mass is 559 g/mol. The van der Waals surface area contributed by atoms with E-state index in [0.717, 1.165) is 56.7 Å². The first-order valence-corrected chi connectivity index (χ1v) is 12.1. The van der Waals surface area contributed by atoms with Crippen LogP contribution in [0, 0.1) is 0 Å². The van der Waals surface area contributed by atoms with E-state index < -0.39 is 0 Å². The van der Waals surface area contributed by atoms with Crippen LogP contribution in [0.15, 0.2) is 29.3 Å². The minimum atomic E-state index is 0. The van der Waals surface area contributed by atoms with Crippen molar-refractivity contribution >= 4 is 29.9 Å². The molecule has 7 nitrogen and oxygen atoms in total. The maximum atomic E-state index is 6.12. The first kappa shape index (κ1) is 27.1. The number of nitrogens with one attached hydrogen (secondary N) is 2. The molecule has 0 atom stereocenters. The van der Waals surface area contributed by atoms with E-state index in [1.54, 1.807) is 0 Å². The van der Waals surface area contributed by atoms with Crippen molar-refractivity contribution in [3.8, 4) is 5.75 Å². The highest BCUT2D eigenvalue weighted by atomic mass is 127. The molecule has 2 N–H and O–H groups in total. The van der Waals surface area contributed by atoms with Crippen molar-refractivity contribution in [3.63, 3.8) is 0 Å². The molecule has 1 aromatic carbocycles. The van der Waals surface area contributed by atoms with Crippen molar-refractivity contribution < 1.29 is 9.47 Å². The smallest absolute Gasteiger partial charge is 0.191 e. The molecule has 8 heteroatoms. The number of nitrogens with zero attached hydrogens (tertiary/aromatic N) is 3. The van der Waals surface area contributed by atoms with Crippen LogP contribution in [-0.4, -0.2) is 87.4 Å². The number of halogens is 1. The first-order valence-electron chi connectivity index (χ1n) is 12.1. The summed E-state index contributed by atoms with van der Waals surface area (Å²) in [5.74, 6) is 1.84. The van der Waals surface area contributed by atoms with Gasteiger partial charge in [0.1, 0.15) is 12.4 Å². The summed E-state index contributed by atoms with van der Waals surface area (Å²) in [6, 6.07) is 8.74. The Balaban J connectivity index is 0.00000363. The first-order chi connectivity index (χ1) is 15.3. The van der Waals surface area contributed by atoms with Gasteiger partial charge in [-0.2, -0.15) is 0 Å². The second-order valence-corrected chi connectivity index (χ2v) is 8.37. The van der Waals surface area contributed by atoms with E-state index in [-0.39, 0.29) is 24.0 Å². The lowest BCUT2D eigenvalue weighted by Gasteiger charge is -2.32. The summed E-state index contributed by atoms with van der Waals surface area (Å²) >= 11 is 0. The van der Waals surface area contributed by atoms with Gasteiger partial charge in [0.05, 0.1) is 19.8 Å². The van der Waals surface area contributed by atoms with E-state index in [2.05, 4.69) is 46.4 Å². The van der Waals surface area contributed by atoms with Crippen LogP contribution in [0.1, 0.15) is 38.7 Å². The second kappa shape index (κ2) is 15.7. The van der Waals surface area contributed by atoms with Crippen LogP contribution in [-0.2, 0) is 11.3 Å². The molecule has 0 aliphatic carbocycles. The van der Waals surface area contributed by atoms with Crippen LogP contribution < -0.4 is 15.4 Å². The molecule has 182 valence electrons. The average Bonchev–Trinajstić information content (AvgIpc) is 2.80. The van der Waals surface area contributed by atoms with Crippen molar-refractivity contribution in [2.45, 2.75) is 45.7 Å². The quantitative estimate of drug-likeness (QED) is 0.261. The Kier molecular flexibility index (Phi) is 13.3. The Morgan fingerprint density at radius 3 is 2.50 bits per heavy atom. The normalized spacial score (nSPS) is 18.8. The Hall–Kier alpha value is -1.10. The summed E-state index contributed by atoms with van der Waals surface area (Å²) in [5, 5.41) is 7.06. The summed E-state index contributed by atoms with van der Waals surface area (Å²) in [4.78, 5) is 9.82. The van der Waals surface area contributed by atoms with Gasteiger partial charge < -0.3 is 25.0 Å². The fraction of sp³-hybridized carbons (Fsp3) is 0.708. The SMILES string of the molecule is CCCN1CCC(NC(=NCc2ccccc2OCCN2CCOCC2)NCC)CC1.I. The number of piperidine rings is 1. The molecule has 2 fully saturated rings. The highest BCUT2D eigenvalue weighted by Gasteiger charge is 2.19. The molecule has 32 heavy (non-hydrogen) atoms. The highest BCUT2D eigenvalue weighted by Crippen LogP contribution is 2.19. The number of benzene rings is 1. The number of likely N-dealkylation sites (tertiary alicyclic amines) is 1. The van der Waals surface area contributed by atoms with E-state index in [1.807, 2.05) is 12.1 Å². The Morgan fingerprint density at radius 1 is 1.06 bits per heavy atom. The molecule has 2 heterocycles. The molecule has 0 spiro atoms. The zero-order valence-corrected chi connectivity index (χ0v) is 22.2. The minimum absolute atomic E-state index is 0. The molecular weight excluding hydrogens is 517 g/mol. The van der Waals surface area contributed by atoms with Crippen molar-refractivity contribution in [3.05, 3.63) is 29.8 Å². The third kappa shape index (κ3) is 9.41. The average molecular weight is 560 g/mol. The van der Waals surface area contributed by atoms with Crippen molar-refractivity contribution in [2.24, 2.45) is 4.99 Å². The van der Waals surface area contributed by atoms with Gasteiger partial charge in [0.2, 0.25) is 0 Å². The van der Waals surface area contributed by atoms with E-state index in [4.69, 9.17) is 14.5 Å². The Morgan fingerprint density at radius 2 is 1.78 bits per heavy atom. The number of rotatable bonds is 10. The van der Waals surface area contributed by atoms with Gasteiger partial charge in [0, 0.05) is 50.9 Å². The molecule has 0 amide bonds. The zero-order chi connectivity index (χ0) is 21.7. The second-order valence-electron chi connectivity index (χ2n) is 8.37. The molecule has 1 aromatic rings. The van der Waals surface area contributed by atoms with Gasteiger partial charge in [-0.15, -0.1) is 24.0 Å². The standard InChI is InChI=1S/C24H41N5O2.HI/c1-3-11-28-12-9-22(10-13-28)27-24(25-4-2)26-20-21-7-5-6-8-23(21)31-19-16-29-14-17-30-18-15-29;/h5-8,22H,3-4,9-20H2,1-2H3,(H2,25,26,27);1H. The number of hydrogen-bond acceptors (Lipinski definition) is 5. The van der Waals surface area contributed by atoms with Crippen LogP contribution in [0.5, 0.6) is 5.75 Å². The molecule has 0 bridgehead atoms. The predicted octanol–water partition coefficient (Wildman–Crippen LogP) is 2.95. The summed E-state index contributed by atoms with van der Waals surface area (Å²) in [6.45, 7) is 14.6. The molecule has 3 rings (SSSR count). The number of morpholine rings is 1. The number of aliphatic imine (C=N–C) groups is 1. The summed E-state index contributed by atoms with van der Waals surface area (Å²) < 4.78 is 11.5. The van der Waals surface area contributed by atoms with Crippen LogP contribution >= 0.6 is 24.0 Å². The third-order valence-electron chi connectivity index (χ3n) is 5.96. The molecule has 2 aliphatic rings. The fourth-order valence-corrected chi connectivity index (χ4v) is 4.18. The van der Waals surface area contributed by atoms with Crippen LogP contribution in [0.25, 0.3) is 0 Å². The lowest BCUT2D eigenvalue weighted by atomic mass is 10.1. The molecule has 0 unspecified atom stereocenters. The van der Waals surface area contributed by atoms with Crippen LogP contribution in [0.3, 0.4) is 0 Å². The maximum absolute atomic E-state index is 6.12. The van der Waals surface area contributed by atoms with E-state index >= 15 is 0 Å². The molecular formula is C24H42IN5O2. The lowest BCUT2D eigenvalue weighted by Crippen LogP contribution is -2.48. The van der Waals surface area contributed by atoms with E-state index in [0.29, 0.717) is 19.2 Å². The van der Waals surface area contributed by atoms with Gasteiger partial charge in [-0.05, 0) is 38.8 Å². The van der Waals surface area contributed by atoms with Gasteiger partial charge in [0.15, 0.2) is 5.96 Å². The van der Waals surface area contributed by atoms with Crippen LogP contribution in [0.2, 0.25) is 0 Å². The number of guanidine groups is 1. The Bertz CT molecular complexity index is 662. The fourth-order valence-electron chi connectivity index (χ4n) is 4.18. The molecule has 0 aromatic heterocycles. The number of ether oxygens (including phenoxy) is 2. The third-order valence-corrected chi connectivity index (χ3v) is 5.96. The number of hydrogen-bond donors (Lipinski definition) is 2. The van der Waals surface area contributed by atoms with Gasteiger partial charge >= 0.3 is 0 Å². The maximum Gasteiger partial charge on any atom is 0.191 e. The molecule has 2 saturated heterocycles. The van der Waals surface area contributed by atoms with E-state index in [1.165, 1.54) is 38.9 Å². The van der Waals surface area contributed by atoms with E-state index in [9.17, 15) is 0 Å². The number of para-hydroxylation sites is 1.